The third-order valence-corrected chi connectivity index (χ3v) is 4.87. The molecule has 24 heavy (non-hydrogen) atoms. The second-order valence-electron chi connectivity index (χ2n) is 6.59. The molecule has 0 saturated carbocycles. The van der Waals surface area contributed by atoms with Crippen molar-refractivity contribution in [2.45, 2.75) is 44.7 Å². The molecule has 0 aliphatic carbocycles. The van der Waals surface area contributed by atoms with E-state index in [9.17, 15) is 14.4 Å². The summed E-state index contributed by atoms with van der Waals surface area (Å²) in [6.07, 6.45) is 4.59. The second kappa shape index (κ2) is 6.22. The summed E-state index contributed by atoms with van der Waals surface area (Å²) in [5.74, 6) is -0.625. The SMILES string of the molecule is C[C@@H]1CCCCN1C(=O)CN1C(=O)N[C@@](C)(c2ccccn2)C1=O. The molecule has 1 N–H and O–H groups in total. The molecule has 2 fully saturated rings. The molecule has 3 heterocycles. The lowest BCUT2D eigenvalue weighted by atomic mass is 9.97. The maximum Gasteiger partial charge on any atom is 0.325 e. The first-order chi connectivity index (χ1) is 11.4. The number of imide groups is 1. The quantitative estimate of drug-likeness (QED) is 0.846. The van der Waals surface area contributed by atoms with Gasteiger partial charge in [0.1, 0.15) is 6.54 Å². The van der Waals surface area contributed by atoms with E-state index in [1.165, 1.54) is 0 Å². The van der Waals surface area contributed by atoms with Crippen LogP contribution in [0.2, 0.25) is 0 Å². The van der Waals surface area contributed by atoms with E-state index in [0.29, 0.717) is 12.2 Å². The zero-order chi connectivity index (χ0) is 17.3. The maximum atomic E-state index is 12.8. The predicted octanol–water partition coefficient (Wildman–Crippen LogP) is 1.25. The van der Waals surface area contributed by atoms with E-state index in [1.54, 1.807) is 36.2 Å². The molecule has 0 radical (unpaired) electrons. The Bertz CT molecular complexity index is 663. The molecule has 1 aromatic heterocycles. The van der Waals surface area contributed by atoms with E-state index in [4.69, 9.17) is 0 Å². The molecule has 0 spiro atoms. The van der Waals surface area contributed by atoms with Crippen LogP contribution in [0.5, 0.6) is 0 Å². The number of carbonyl (C=O) groups is 3. The van der Waals surface area contributed by atoms with Crippen LogP contribution >= 0.6 is 0 Å². The molecule has 2 saturated heterocycles. The first-order valence-corrected chi connectivity index (χ1v) is 8.28. The molecule has 0 aromatic carbocycles. The van der Waals surface area contributed by atoms with Gasteiger partial charge in [0.05, 0.1) is 5.69 Å². The van der Waals surface area contributed by atoms with E-state index in [-0.39, 0.29) is 18.5 Å². The normalized spacial score (nSPS) is 27.3. The molecule has 7 nitrogen and oxygen atoms in total. The van der Waals surface area contributed by atoms with Gasteiger partial charge >= 0.3 is 6.03 Å². The Morgan fingerprint density at radius 2 is 2.17 bits per heavy atom. The molecule has 2 aliphatic heterocycles. The van der Waals surface area contributed by atoms with Crippen LogP contribution in [0.3, 0.4) is 0 Å². The van der Waals surface area contributed by atoms with Gasteiger partial charge in [0, 0.05) is 18.8 Å². The van der Waals surface area contributed by atoms with E-state index in [2.05, 4.69) is 10.3 Å². The Labute approximate surface area is 141 Å². The fourth-order valence-corrected chi connectivity index (χ4v) is 3.37. The number of piperidine rings is 1. The van der Waals surface area contributed by atoms with Gasteiger partial charge in [-0.15, -0.1) is 0 Å². The Kier molecular flexibility index (Phi) is 4.26. The van der Waals surface area contributed by atoms with Gasteiger partial charge < -0.3 is 10.2 Å². The first kappa shape index (κ1) is 16.4. The molecule has 0 unspecified atom stereocenters. The van der Waals surface area contributed by atoms with Crippen LogP contribution < -0.4 is 5.32 Å². The number of amides is 4. The highest BCUT2D eigenvalue weighted by atomic mass is 16.2. The lowest BCUT2D eigenvalue weighted by Gasteiger charge is -2.34. The van der Waals surface area contributed by atoms with Crippen LogP contribution in [-0.4, -0.2) is 51.8 Å². The standard InChI is InChI=1S/C17H22N4O3/c1-12-7-4-6-10-20(12)14(22)11-21-15(23)17(2,19-16(21)24)13-8-3-5-9-18-13/h3,5,8-9,12H,4,6-7,10-11H2,1-2H3,(H,19,24)/t12-,17+/m1/s1. The van der Waals surface area contributed by atoms with Crippen LogP contribution in [0.4, 0.5) is 4.79 Å². The van der Waals surface area contributed by atoms with Gasteiger partial charge in [-0.3, -0.25) is 19.5 Å². The average molecular weight is 330 g/mol. The highest BCUT2D eigenvalue weighted by Gasteiger charge is 2.50. The fraction of sp³-hybridized carbons (Fsp3) is 0.529. The Balaban J connectivity index is 1.76. The number of pyridine rings is 1. The predicted molar refractivity (Wildman–Crippen MR) is 86.9 cm³/mol. The van der Waals surface area contributed by atoms with Crippen LogP contribution in [0.25, 0.3) is 0 Å². The molecule has 1 aromatic rings. The van der Waals surface area contributed by atoms with E-state index in [1.807, 2.05) is 6.92 Å². The zero-order valence-electron chi connectivity index (χ0n) is 14.0. The lowest BCUT2D eigenvalue weighted by Crippen LogP contribution is -2.48. The van der Waals surface area contributed by atoms with Crippen molar-refractivity contribution in [1.82, 2.24) is 20.1 Å². The molecule has 3 rings (SSSR count). The van der Waals surface area contributed by atoms with E-state index >= 15 is 0 Å². The second-order valence-corrected chi connectivity index (χ2v) is 6.59. The van der Waals surface area contributed by atoms with Crippen LogP contribution in [0.15, 0.2) is 24.4 Å². The summed E-state index contributed by atoms with van der Waals surface area (Å²) in [4.78, 5) is 44.5. The van der Waals surface area contributed by atoms with Crippen LogP contribution in [-0.2, 0) is 15.1 Å². The number of hydrogen-bond acceptors (Lipinski definition) is 4. The number of aromatic nitrogens is 1. The molecule has 4 amide bonds. The van der Waals surface area contributed by atoms with Crippen molar-refractivity contribution in [3.05, 3.63) is 30.1 Å². The number of likely N-dealkylation sites (tertiary alicyclic amines) is 1. The van der Waals surface area contributed by atoms with E-state index < -0.39 is 17.5 Å². The highest BCUT2D eigenvalue weighted by molar-refractivity contribution is 6.08. The lowest BCUT2D eigenvalue weighted by molar-refractivity contribution is -0.140. The van der Waals surface area contributed by atoms with Gasteiger partial charge in [0.2, 0.25) is 5.91 Å². The number of nitrogens with one attached hydrogen (secondary N) is 1. The number of urea groups is 1. The Morgan fingerprint density at radius 3 is 2.83 bits per heavy atom. The van der Waals surface area contributed by atoms with Crippen LogP contribution in [0.1, 0.15) is 38.8 Å². The summed E-state index contributed by atoms with van der Waals surface area (Å²) >= 11 is 0. The van der Waals surface area contributed by atoms with Crippen molar-refractivity contribution < 1.29 is 14.4 Å². The summed E-state index contributed by atoms with van der Waals surface area (Å²) in [6.45, 7) is 4.07. The maximum absolute atomic E-state index is 12.8. The average Bonchev–Trinajstić information content (AvgIpc) is 2.80. The number of hydrogen-bond donors (Lipinski definition) is 1. The minimum absolute atomic E-state index is 0.147. The van der Waals surface area contributed by atoms with Gasteiger partial charge in [-0.1, -0.05) is 6.07 Å². The zero-order valence-corrected chi connectivity index (χ0v) is 14.0. The van der Waals surface area contributed by atoms with Crippen molar-refractivity contribution in [2.75, 3.05) is 13.1 Å². The van der Waals surface area contributed by atoms with Crippen LogP contribution in [0, 0.1) is 0 Å². The molecule has 0 bridgehead atoms. The smallest absolute Gasteiger partial charge is 0.325 e. The largest absolute Gasteiger partial charge is 0.338 e. The molecule has 2 aliphatic rings. The third-order valence-electron chi connectivity index (χ3n) is 4.87. The summed E-state index contributed by atoms with van der Waals surface area (Å²) in [6, 6.07) is 4.79. The third kappa shape index (κ3) is 2.74. The minimum atomic E-state index is -1.23. The molecular weight excluding hydrogens is 308 g/mol. The summed E-state index contributed by atoms with van der Waals surface area (Å²) in [5.41, 5.74) is -0.767. The Hall–Kier alpha value is -2.44. The van der Waals surface area contributed by atoms with Gasteiger partial charge in [0.15, 0.2) is 5.54 Å². The number of nitrogens with zero attached hydrogens (tertiary/aromatic N) is 3. The molecule has 128 valence electrons. The highest BCUT2D eigenvalue weighted by Crippen LogP contribution is 2.27. The molecule has 7 heteroatoms. The van der Waals surface area contributed by atoms with Crippen molar-refractivity contribution in [1.29, 1.82) is 0 Å². The number of rotatable bonds is 3. The van der Waals surface area contributed by atoms with Gasteiger partial charge in [-0.05, 0) is 45.2 Å². The monoisotopic (exact) mass is 330 g/mol. The minimum Gasteiger partial charge on any atom is -0.338 e. The van der Waals surface area contributed by atoms with Crippen molar-refractivity contribution >= 4 is 17.8 Å². The number of carbonyl (C=O) groups excluding carboxylic acids is 3. The molecular formula is C17H22N4O3. The summed E-state index contributed by atoms with van der Waals surface area (Å²) in [7, 11) is 0. The van der Waals surface area contributed by atoms with Crippen molar-refractivity contribution in [3.63, 3.8) is 0 Å². The fourth-order valence-electron chi connectivity index (χ4n) is 3.37. The van der Waals surface area contributed by atoms with E-state index in [0.717, 1.165) is 24.2 Å². The van der Waals surface area contributed by atoms with Gasteiger partial charge in [-0.2, -0.15) is 0 Å². The van der Waals surface area contributed by atoms with Crippen molar-refractivity contribution in [2.24, 2.45) is 0 Å². The summed E-state index contributed by atoms with van der Waals surface area (Å²) in [5, 5.41) is 2.67. The van der Waals surface area contributed by atoms with Gasteiger partial charge in [-0.25, -0.2) is 4.79 Å². The molecule has 2 atom stereocenters. The Morgan fingerprint density at radius 1 is 1.38 bits per heavy atom. The topological polar surface area (TPSA) is 82.6 Å². The van der Waals surface area contributed by atoms with Crippen molar-refractivity contribution in [3.8, 4) is 0 Å². The first-order valence-electron chi connectivity index (χ1n) is 8.28. The summed E-state index contributed by atoms with van der Waals surface area (Å²) < 4.78 is 0. The van der Waals surface area contributed by atoms with Gasteiger partial charge in [0.25, 0.3) is 5.91 Å².